The summed E-state index contributed by atoms with van der Waals surface area (Å²) in [5, 5.41) is 2.15. The molecule has 0 atom stereocenters. The monoisotopic (exact) mass is 384 g/mol. The zero-order valence-corrected chi connectivity index (χ0v) is 16.6. The van der Waals surface area contributed by atoms with Crippen molar-refractivity contribution in [1.29, 1.82) is 0 Å². The summed E-state index contributed by atoms with van der Waals surface area (Å²) in [6.07, 6.45) is 1.36. The van der Waals surface area contributed by atoms with Crippen molar-refractivity contribution in [2.75, 3.05) is 0 Å². The van der Waals surface area contributed by atoms with Crippen molar-refractivity contribution < 1.29 is 14.0 Å². The second kappa shape index (κ2) is 7.41. The van der Waals surface area contributed by atoms with Gasteiger partial charge in [0.2, 0.25) is 5.78 Å². The summed E-state index contributed by atoms with van der Waals surface area (Å²) in [5.41, 5.74) is 0.841. The van der Waals surface area contributed by atoms with Gasteiger partial charge in [0.25, 0.3) is 0 Å². The van der Waals surface area contributed by atoms with Crippen molar-refractivity contribution in [2.24, 2.45) is 0 Å². The van der Waals surface area contributed by atoms with Crippen molar-refractivity contribution in [3.63, 3.8) is 0 Å². The van der Waals surface area contributed by atoms with E-state index in [0.717, 1.165) is 16.4 Å². The average molecular weight is 385 g/mol. The maximum absolute atomic E-state index is 13.1. The van der Waals surface area contributed by atoms with E-state index in [1.807, 2.05) is 60.7 Å². The highest BCUT2D eigenvalue weighted by atomic mass is 28.4. The average Bonchev–Trinajstić information content (AvgIpc) is 2.77. The van der Waals surface area contributed by atoms with Gasteiger partial charge in [0.15, 0.2) is 11.5 Å². The molecule has 0 saturated heterocycles. The van der Waals surface area contributed by atoms with E-state index in [1.165, 1.54) is 6.08 Å². The number of Topliss-reactive ketones (excluding diaryl/α,β-unsaturated/α-hetero) is 1. The summed E-state index contributed by atoms with van der Waals surface area (Å²) < 4.78 is 6.57. The molecule has 0 N–H and O–H groups in total. The minimum absolute atomic E-state index is 0.143. The van der Waals surface area contributed by atoms with Crippen molar-refractivity contribution in [2.45, 2.75) is 13.0 Å². The normalized spacial score (nSPS) is 13.7. The van der Waals surface area contributed by atoms with Gasteiger partial charge in [-0.05, 0) is 16.4 Å². The molecular weight excluding hydrogens is 364 g/mol. The molecule has 0 amide bonds. The van der Waals surface area contributed by atoms with Crippen molar-refractivity contribution in [1.82, 2.24) is 0 Å². The Bertz CT molecular complexity index is 1020. The number of allylic oxidation sites excluding steroid dienone is 2. The lowest BCUT2D eigenvalue weighted by molar-refractivity contribution is 0.0945. The quantitative estimate of drug-likeness (QED) is 0.630. The summed E-state index contributed by atoms with van der Waals surface area (Å²) in [6.45, 7) is 2.08. The predicted octanol–water partition coefficient (Wildman–Crippen LogP) is 3.75. The van der Waals surface area contributed by atoms with Gasteiger partial charge in [-0.2, -0.15) is 0 Å². The summed E-state index contributed by atoms with van der Waals surface area (Å²) in [4.78, 5) is 25.7. The summed E-state index contributed by atoms with van der Waals surface area (Å²) in [6, 6.07) is 27.7. The lowest BCUT2D eigenvalue weighted by Gasteiger charge is -2.33. The van der Waals surface area contributed by atoms with Crippen molar-refractivity contribution in [3.8, 4) is 0 Å². The Labute approximate surface area is 165 Å². The molecule has 3 nitrogen and oxygen atoms in total. The third-order valence-corrected chi connectivity index (χ3v) is 9.28. The smallest absolute Gasteiger partial charge is 0.314 e. The Hall–Kier alpha value is -3.24. The largest absolute Gasteiger partial charge is 0.532 e. The first-order valence-corrected chi connectivity index (χ1v) is 11.5. The number of hydrogen-bond acceptors (Lipinski definition) is 3. The van der Waals surface area contributed by atoms with Gasteiger partial charge in [0.05, 0.1) is 0 Å². The zero-order chi connectivity index (χ0) is 19.6. The second-order valence-corrected chi connectivity index (χ2v) is 10.5. The molecule has 1 aliphatic carbocycles. The van der Waals surface area contributed by atoms with E-state index < -0.39 is 8.32 Å². The minimum atomic E-state index is -2.74. The first kappa shape index (κ1) is 18.1. The van der Waals surface area contributed by atoms with Crippen LogP contribution in [0, 0.1) is 0 Å². The van der Waals surface area contributed by atoms with E-state index in [9.17, 15) is 9.59 Å². The maximum atomic E-state index is 13.1. The van der Waals surface area contributed by atoms with Gasteiger partial charge in [0, 0.05) is 17.2 Å². The lowest BCUT2D eigenvalue weighted by Crippen LogP contribution is -2.60. The van der Waals surface area contributed by atoms with Gasteiger partial charge in [-0.15, -0.1) is 0 Å². The minimum Gasteiger partial charge on any atom is -0.532 e. The van der Waals surface area contributed by atoms with Crippen LogP contribution in [0.5, 0.6) is 0 Å². The van der Waals surface area contributed by atoms with Crippen molar-refractivity contribution in [3.05, 3.63) is 108 Å². The van der Waals surface area contributed by atoms with Crippen LogP contribution < -0.4 is 10.4 Å². The molecule has 0 aromatic heterocycles. The molecule has 0 heterocycles. The molecule has 0 saturated carbocycles. The van der Waals surface area contributed by atoms with Crippen LogP contribution in [0.1, 0.15) is 27.6 Å². The van der Waals surface area contributed by atoms with Gasteiger partial charge in [-0.3, -0.25) is 9.59 Å². The molecule has 138 valence electrons. The molecule has 0 radical (unpaired) electrons. The topological polar surface area (TPSA) is 43.4 Å². The molecule has 0 unspecified atom stereocenters. The maximum Gasteiger partial charge on any atom is 0.314 e. The fraction of sp³-hybridized carbons (Fsp3) is 0.0833. The highest BCUT2D eigenvalue weighted by Crippen LogP contribution is 2.26. The Balaban J connectivity index is 1.84. The fourth-order valence-electron chi connectivity index (χ4n) is 3.73. The van der Waals surface area contributed by atoms with Crippen LogP contribution in [0.3, 0.4) is 0 Å². The molecule has 0 fully saturated rings. The Morgan fingerprint density at radius 2 is 1.21 bits per heavy atom. The van der Waals surface area contributed by atoms with Crippen LogP contribution in [0.25, 0.3) is 0 Å². The Morgan fingerprint density at radius 3 is 1.75 bits per heavy atom. The van der Waals surface area contributed by atoms with Gasteiger partial charge >= 0.3 is 8.32 Å². The van der Waals surface area contributed by atoms with E-state index in [4.69, 9.17) is 4.43 Å². The van der Waals surface area contributed by atoms with Crippen molar-refractivity contribution >= 4 is 30.3 Å². The van der Waals surface area contributed by atoms with Crippen LogP contribution in [-0.2, 0) is 4.43 Å². The lowest BCUT2D eigenvalue weighted by atomic mass is 9.94. The molecular formula is C24H20O3Si. The number of hydrogen-bond donors (Lipinski definition) is 0. The van der Waals surface area contributed by atoms with Crippen LogP contribution in [0.2, 0.25) is 6.04 Å². The molecule has 3 aromatic rings. The molecule has 0 bridgehead atoms. The molecule has 0 spiro atoms. The predicted molar refractivity (Wildman–Crippen MR) is 113 cm³/mol. The van der Waals surface area contributed by atoms with E-state index in [0.29, 0.717) is 11.1 Å². The van der Waals surface area contributed by atoms with E-state index in [2.05, 4.69) is 6.92 Å². The van der Waals surface area contributed by atoms with Gasteiger partial charge in [0.1, 0.15) is 0 Å². The molecule has 4 rings (SSSR count). The molecule has 3 aromatic carbocycles. The van der Waals surface area contributed by atoms with Crippen LogP contribution in [-0.4, -0.2) is 19.9 Å². The van der Waals surface area contributed by atoms with E-state index in [-0.39, 0.29) is 17.3 Å². The Kier molecular flexibility index (Phi) is 4.80. The summed E-state index contributed by atoms with van der Waals surface area (Å²) in [7, 11) is -2.74. The molecule has 0 aliphatic heterocycles. The van der Waals surface area contributed by atoms with E-state index >= 15 is 0 Å². The van der Waals surface area contributed by atoms with Gasteiger partial charge < -0.3 is 4.43 Å². The fourth-order valence-corrected chi connectivity index (χ4v) is 7.25. The molecule has 4 heteroatoms. The molecule has 1 aliphatic rings. The first-order chi connectivity index (χ1) is 13.7. The molecule has 28 heavy (non-hydrogen) atoms. The van der Waals surface area contributed by atoms with Crippen LogP contribution in [0.4, 0.5) is 0 Å². The zero-order valence-electron chi connectivity index (χ0n) is 15.6. The van der Waals surface area contributed by atoms with Gasteiger partial charge in [-0.25, -0.2) is 0 Å². The van der Waals surface area contributed by atoms with Crippen LogP contribution >= 0.6 is 0 Å². The second-order valence-electron chi connectivity index (χ2n) is 6.76. The van der Waals surface area contributed by atoms with Gasteiger partial charge in [-0.1, -0.05) is 91.9 Å². The number of fused-ring (bicyclic) bond motifs is 1. The number of benzene rings is 3. The van der Waals surface area contributed by atoms with E-state index in [1.54, 1.807) is 24.3 Å². The highest BCUT2D eigenvalue weighted by molar-refractivity contribution is 6.97. The standard InChI is InChI=1S/C24H20O3Si/c1-2-28(18-11-5-3-6-12-18,19-13-7-4-8-14-19)27-23-17-22(25)20-15-9-10-16-21(20)24(23)26/h3-17H,2H2,1H3. The third kappa shape index (κ3) is 3.02. The summed E-state index contributed by atoms with van der Waals surface area (Å²) >= 11 is 0. The third-order valence-electron chi connectivity index (χ3n) is 5.19. The Morgan fingerprint density at radius 1 is 0.714 bits per heavy atom. The number of ketones is 2. The highest BCUT2D eigenvalue weighted by Gasteiger charge is 2.42. The van der Waals surface area contributed by atoms with Crippen LogP contribution in [0.15, 0.2) is 96.8 Å². The number of carbonyl (C=O) groups excluding carboxylic acids is 2. The first-order valence-electron chi connectivity index (χ1n) is 9.35. The number of rotatable bonds is 5. The SMILES string of the molecule is CC[Si](OC1=CC(=O)c2ccccc2C1=O)(c1ccccc1)c1ccccc1. The number of carbonyl (C=O) groups is 2. The summed E-state index contributed by atoms with van der Waals surface area (Å²) in [5.74, 6) is -0.275.